The van der Waals surface area contributed by atoms with Crippen molar-refractivity contribution < 1.29 is 17.6 Å². The van der Waals surface area contributed by atoms with Crippen LogP contribution < -0.4 is 4.90 Å². The highest BCUT2D eigenvalue weighted by atomic mass is 35.5. The number of halogens is 2. The second-order valence-corrected chi connectivity index (χ2v) is 10.8. The number of piperidine rings is 1. The zero-order chi connectivity index (χ0) is 21.2. The van der Waals surface area contributed by atoms with Gasteiger partial charge < -0.3 is 4.90 Å². The number of amides is 1. The molecule has 0 unspecified atom stereocenters. The van der Waals surface area contributed by atoms with Crippen LogP contribution in [0.2, 0.25) is 5.02 Å². The average Bonchev–Trinajstić information content (AvgIpc) is 3.12. The van der Waals surface area contributed by atoms with Gasteiger partial charge in [0.15, 0.2) is 0 Å². The van der Waals surface area contributed by atoms with Crippen molar-refractivity contribution in [2.24, 2.45) is 5.92 Å². The Hall–Kier alpha value is -1.48. The van der Waals surface area contributed by atoms with Crippen LogP contribution in [0.3, 0.4) is 0 Å². The summed E-state index contributed by atoms with van der Waals surface area (Å²) >= 11 is 7.53. The third-order valence-corrected chi connectivity index (χ3v) is 8.49. The number of aryl methyl sites for hydroxylation is 1. The minimum Gasteiger partial charge on any atom is -0.307 e. The number of hydrogen-bond acceptors (Lipinski definition) is 4. The molecule has 0 atom stereocenters. The molecule has 0 bridgehead atoms. The number of thiophene rings is 1. The van der Waals surface area contributed by atoms with Gasteiger partial charge in [-0.25, -0.2) is 17.1 Å². The Morgan fingerprint density at radius 2 is 2.00 bits per heavy atom. The Kier molecular flexibility index (Phi) is 6.98. The van der Waals surface area contributed by atoms with Crippen LogP contribution in [0.25, 0.3) is 0 Å². The summed E-state index contributed by atoms with van der Waals surface area (Å²) in [5.41, 5.74) is 1.63. The third kappa shape index (κ3) is 4.99. The van der Waals surface area contributed by atoms with Gasteiger partial charge in [-0.15, -0.1) is 11.3 Å². The Balaban J connectivity index is 1.83. The zero-order valence-corrected chi connectivity index (χ0v) is 18.8. The second kappa shape index (κ2) is 9.12. The first-order chi connectivity index (χ1) is 13.7. The molecule has 1 amide bonds. The van der Waals surface area contributed by atoms with Gasteiger partial charge >= 0.3 is 0 Å². The largest absolute Gasteiger partial charge is 0.307 e. The van der Waals surface area contributed by atoms with E-state index in [1.807, 2.05) is 18.4 Å². The maximum atomic E-state index is 13.7. The molecule has 3 rings (SSSR count). The molecule has 1 saturated heterocycles. The fraction of sp³-hybridized carbons (Fsp3) is 0.450. The van der Waals surface area contributed by atoms with E-state index in [9.17, 15) is 17.6 Å². The lowest BCUT2D eigenvalue weighted by atomic mass is 9.96. The summed E-state index contributed by atoms with van der Waals surface area (Å²) in [5.74, 6) is -0.853. The van der Waals surface area contributed by atoms with Crippen LogP contribution in [-0.2, 0) is 21.4 Å². The van der Waals surface area contributed by atoms with E-state index in [0.717, 1.165) is 10.4 Å². The number of anilines is 1. The van der Waals surface area contributed by atoms with E-state index in [2.05, 4.69) is 0 Å². The van der Waals surface area contributed by atoms with Crippen molar-refractivity contribution >= 4 is 44.6 Å². The third-order valence-electron chi connectivity index (χ3n) is 5.31. The molecule has 1 aromatic carbocycles. The normalized spacial score (nSPS) is 16.1. The molecule has 1 aliphatic heterocycles. The highest BCUT2D eigenvalue weighted by Gasteiger charge is 2.33. The molecule has 0 saturated carbocycles. The lowest BCUT2D eigenvalue weighted by molar-refractivity contribution is -0.123. The molecule has 0 N–H and O–H groups in total. The molecule has 5 nitrogen and oxygen atoms in total. The number of rotatable bonds is 6. The summed E-state index contributed by atoms with van der Waals surface area (Å²) in [6, 6.07) is 6.27. The van der Waals surface area contributed by atoms with E-state index < -0.39 is 15.8 Å². The first kappa shape index (κ1) is 22.2. The van der Waals surface area contributed by atoms with Crippen LogP contribution in [0.4, 0.5) is 10.1 Å². The summed E-state index contributed by atoms with van der Waals surface area (Å²) in [4.78, 5) is 16.1. The lowest BCUT2D eigenvalue weighted by Gasteiger charge is -2.33. The SMILES string of the molecule is CCS(=O)(=O)N1CCC(C(=O)N(Cc2sccc2C)c2ccc(F)c(Cl)c2)CC1. The van der Waals surface area contributed by atoms with Crippen molar-refractivity contribution in [1.29, 1.82) is 0 Å². The van der Waals surface area contributed by atoms with Crippen molar-refractivity contribution in [2.45, 2.75) is 33.2 Å². The molecule has 1 aliphatic rings. The van der Waals surface area contributed by atoms with Crippen LogP contribution in [0, 0.1) is 18.7 Å². The molecular formula is C20H24ClFN2O3S2. The fourth-order valence-corrected chi connectivity index (χ4v) is 5.64. The highest BCUT2D eigenvalue weighted by Crippen LogP contribution is 2.30. The van der Waals surface area contributed by atoms with E-state index in [0.29, 0.717) is 38.2 Å². The van der Waals surface area contributed by atoms with E-state index in [1.54, 1.807) is 29.2 Å². The van der Waals surface area contributed by atoms with Crippen LogP contribution in [-0.4, -0.2) is 37.5 Å². The number of carbonyl (C=O) groups excluding carboxylic acids is 1. The monoisotopic (exact) mass is 458 g/mol. The number of nitrogens with zero attached hydrogens (tertiary/aromatic N) is 2. The van der Waals surface area contributed by atoms with Gasteiger partial charge in [-0.05, 0) is 61.9 Å². The van der Waals surface area contributed by atoms with E-state index in [4.69, 9.17) is 11.6 Å². The van der Waals surface area contributed by atoms with Gasteiger partial charge in [-0.2, -0.15) is 0 Å². The van der Waals surface area contributed by atoms with E-state index >= 15 is 0 Å². The number of hydrogen-bond donors (Lipinski definition) is 0. The van der Waals surface area contributed by atoms with Crippen molar-refractivity contribution in [3.8, 4) is 0 Å². The number of benzene rings is 1. The van der Waals surface area contributed by atoms with Crippen molar-refractivity contribution in [3.63, 3.8) is 0 Å². The summed E-state index contributed by atoms with van der Waals surface area (Å²) in [7, 11) is -3.25. The summed E-state index contributed by atoms with van der Waals surface area (Å²) in [6.07, 6.45) is 0.930. The van der Waals surface area contributed by atoms with E-state index in [1.165, 1.54) is 16.4 Å². The first-order valence-electron chi connectivity index (χ1n) is 9.50. The molecule has 0 radical (unpaired) electrons. The summed E-state index contributed by atoms with van der Waals surface area (Å²) in [5, 5.41) is 1.94. The van der Waals surface area contributed by atoms with Gasteiger partial charge in [0, 0.05) is 29.6 Å². The summed E-state index contributed by atoms with van der Waals surface area (Å²) < 4.78 is 39.3. The highest BCUT2D eigenvalue weighted by molar-refractivity contribution is 7.89. The molecule has 1 aromatic heterocycles. The minimum atomic E-state index is -3.25. The Labute approximate surface area is 180 Å². The van der Waals surface area contributed by atoms with Gasteiger partial charge in [-0.3, -0.25) is 4.79 Å². The molecule has 0 aliphatic carbocycles. The lowest BCUT2D eigenvalue weighted by Crippen LogP contribution is -2.44. The molecule has 1 fully saturated rings. The smallest absolute Gasteiger partial charge is 0.230 e. The molecular weight excluding hydrogens is 435 g/mol. The maximum absolute atomic E-state index is 13.7. The van der Waals surface area contributed by atoms with Gasteiger partial charge in [0.05, 0.1) is 17.3 Å². The van der Waals surface area contributed by atoms with Crippen LogP contribution in [0.5, 0.6) is 0 Å². The second-order valence-electron chi connectivity index (χ2n) is 7.12. The van der Waals surface area contributed by atoms with Gasteiger partial charge in [-0.1, -0.05) is 11.6 Å². The van der Waals surface area contributed by atoms with Crippen LogP contribution >= 0.6 is 22.9 Å². The predicted octanol–water partition coefficient (Wildman–Crippen LogP) is 4.44. The maximum Gasteiger partial charge on any atom is 0.230 e. The van der Waals surface area contributed by atoms with E-state index in [-0.39, 0.29) is 22.6 Å². The molecule has 2 heterocycles. The topological polar surface area (TPSA) is 57.7 Å². The Morgan fingerprint density at radius 3 is 2.55 bits per heavy atom. The zero-order valence-electron chi connectivity index (χ0n) is 16.4. The minimum absolute atomic E-state index is 0.0351. The molecule has 9 heteroatoms. The van der Waals surface area contributed by atoms with Gasteiger partial charge in [0.1, 0.15) is 5.82 Å². The molecule has 2 aromatic rings. The van der Waals surface area contributed by atoms with Crippen LogP contribution in [0.15, 0.2) is 29.6 Å². The Bertz CT molecular complexity index is 985. The van der Waals surface area contributed by atoms with Gasteiger partial charge in [0.2, 0.25) is 15.9 Å². The van der Waals surface area contributed by atoms with Crippen molar-refractivity contribution in [2.75, 3.05) is 23.7 Å². The molecule has 29 heavy (non-hydrogen) atoms. The fourth-order valence-electron chi connectivity index (χ4n) is 3.44. The standard InChI is InChI=1S/C20H24ClFN2O3S2/c1-3-29(26,27)23-9-6-15(7-10-23)20(25)24(13-19-14(2)8-11-28-19)16-4-5-18(22)17(21)12-16/h4-5,8,11-12,15H,3,6-7,9-10,13H2,1-2H3. The van der Waals surface area contributed by atoms with Crippen LogP contribution in [0.1, 0.15) is 30.2 Å². The van der Waals surface area contributed by atoms with Gasteiger partial charge in [0.25, 0.3) is 0 Å². The van der Waals surface area contributed by atoms with Crippen molar-refractivity contribution in [3.05, 3.63) is 50.9 Å². The number of sulfonamides is 1. The first-order valence-corrected chi connectivity index (χ1v) is 12.4. The quantitative estimate of drug-likeness (QED) is 0.642. The summed E-state index contributed by atoms with van der Waals surface area (Å²) in [6.45, 7) is 4.65. The van der Waals surface area contributed by atoms with Crippen molar-refractivity contribution in [1.82, 2.24) is 4.31 Å². The molecule has 0 spiro atoms. The number of carbonyl (C=O) groups is 1. The average molecular weight is 459 g/mol. The Morgan fingerprint density at radius 1 is 1.31 bits per heavy atom. The predicted molar refractivity (Wildman–Crippen MR) is 115 cm³/mol. The molecule has 158 valence electrons.